The number of hydrogen-bond donors (Lipinski definition) is 2. The molecule has 3 atom stereocenters. The fourth-order valence-electron chi connectivity index (χ4n) is 4.00. The summed E-state index contributed by atoms with van der Waals surface area (Å²) in [6, 6.07) is 0.337. The molecule has 3 heterocycles. The first-order valence-electron chi connectivity index (χ1n) is 9.11. The lowest BCUT2D eigenvalue weighted by molar-refractivity contribution is -0.128. The van der Waals surface area contributed by atoms with Gasteiger partial charge in [0.25, 0.3) is 0 Å². The second-order valence-electron chi connectivity index (χ2n) is 7.01. The van der Waals surface area contributed by atoms with Crippen LogP contribution in [-0.4, -0.2) is 49.3 Å². The normalized spacial score (nSPS) is 30.2. The lowest BCUT2D eigenvalue weighted by Gasteiger charge is -2.39. The van der Waals surface area contributed by atoms with Gasteiger partial charge < -0.3 is 20.3 Å². The number of rotatable bonds is 4. The minimum absolute atomic E-state index is 0.0946. The van der Waals surface area contributed by atoms with Gasteiger partial charge in [0, 0.05) is 37.0 Å². The average molecular weight is 350 g/mol. The van der Waals surface area contributed by atoms with Gasteiger partial charge in [-0.2, -0.15) is 0 Å². The van der Waals surface area contributed by atoms with Gasteiger partial charge in [0.1, 0.15) is 0 Å². The molecule has 0 unspecified atom stereocenters. The quantitative estimate of drug-likeness (QED) is 0.862. The highest BCUT2D eigenvalue weighted by Crippen LogP contribution is 2.29. The van der Waals surface area contributed by atoms with Crippen molar-refractivity contribution < 1.29 is 9.53 Å². The van der Waals surface area contributed by atoms with Crippen LogP contribution in [0.15, 0.2) is 5.38 Å². The highest BCUT2D eigenvalue weighted by atomic mass is 32.1. The van der Waals surface area contributed by atoms with Crippen LogP contribution >= 0.6 is 11.3 Å². The predicted molar refractivity (Wildman–Crippen MR) is 94.3 cm³/mol. The molecule has 3 fully saturated rings. The summed E-state index contributed by atoms with van der Waals surface area (Å²) in [7, 11) is 0. The topological polar surface area (TPSA) is 66.5 Å². The van der Waals surface area contributed by atoms with E-state index in [-0.39, 0.29) is 11.8 Å². The van der Waals surface area contributed by atoms with E-state index in [0.717, 1.165) is 56.3 Å². The number of thiazole rings is 1. The maximum atomic E-state index is 12.5. The molecule has 6 nitrogen and oxygen atoms in total. The molecule has 2 saturated heterocycles. The minimum Gasteiger partial charge on any atom is -0.375 e. The molecule has 132 valence electrons. The Balaban J connectivity index is 1.27. The van der Waals surface area contributed by atoms with Crippen molar-refractivity contribution in [3.63, 3.8) is 0 Å². The summed E-state index contributed by atoms with van der Waals surface area (Å²) in [5.74, 6) is 0.258. The first kappa shape index (κ1) is 16.3. The number of nitrogens with one attached hydrogen (secondary N) is 2. The number of ether oxygens (including phenoxy) is 1. The Morgan fingerprint density at radius 3 is 3.17 bits per heavy atom. The fourth-order valence-corrected chi connectivity index (χ4v) is 4.88. The van der Waals surface area contributed by atoms with Gasteiger partial charge in [-0.3, -0.25) is 4.79 Å². The van der Waals surface area contributed by atoms with Gasteiger partial charge in [0.2, 0.25) is 5.91 Å². The van der Waals surface area contributed by atoms with Crippen LogP contribution in [0.1, 0.15) is 37.8 Å². The highest BCUT2D eigenvalue weighted by molar-refractivity contribution is 7.13. The second-order valence-corrected chi connectivity index (χ2v) is 7.85. The molecule has 0 bridgehead atoms. The predicted octanol–water partition coefficient (Wildman–Crippen LogP) is 1.52. The number of anilines is 1. The first-order chi connectivity index (χ1) is 11.8. The molecule has 0 radical (unpaired) electrons. The summed E-state index contributed by atoms with van der Waals surface area (Å²) in [6.45, 7) is 4.45. The van der Waals surface area contributed by atoms with Crippen molar-refractivity contribution in [3.8, 4) is 0 Å². The van der Waals surface area contributed by atoms with E-state index in [0.29, 0.717) is 18.7 Å². The molecule has 1 aromatic heterocycles. The Morgan fingerprint density at radius 1 is 1.42 bits per heavy atom. The largest absolute Gasteiger partial charge is 0.375 e. The standard InChI is InChI=1S/C17H26N4O2S/c22-16(12-3-4-15-14(9-12)18-5-8-23-15)19-10-13-11-24-17(20-13)21-6-1-2-7-21/h11-12,14-15,18H,1-10H2,(H,19,22)/t12-,14+,15+/m0/s1. The van der Waals surface area contributed by atoms with E-state index < -0.39 is 0 Å². The molecule has 0 aromatic carbocycles. The lowest BCUT2D eigenvalue weighted by atomic mass is 9.82. The van der Waals surface area contributed by atoms with Crippen LogP contribution in [0, 0.1) is 5.92 Å². The van der Waals surface area contributed by atoms with Gasteiger partial charge in [0.15, 0.2) is 5.13 Å². The maximum Gasteiger partial charge on any atom is 0.223 e. The van der Waals surface area contributed by atoms with Crippen LogP contribution in [-0.2, 0) is 16.1 Å². The monoisotopic (exact) mass is 350 g/mol. The molecule has 2 aliphatic heterocycles. The van der Waals surface area contributed by atoms with Crippen LogP contribution in [0.5, 0.6) is 0 Å². The van der Waals surface area contributed by atoms with Crippen molar-refractivity contribution >= 4 is 22.4 Å². The van der Waals surface area contributed by atoms with Crippen LogP contribution in [0.2, 0.25) is 0 Å². The average Bonchev–Trinajstić information content (AvgIpc) is 3.30. The van der Waals surface area contributed by atoms with E-state index in [1.807, 2.05) is 0 Å². The zero-order valence-electron chi connectivity index (χ0n) is 14.0. The summed E-state index contributed by atoms with van der Waals surface area (Å²) in [4.78, 5) is 19.5. The molecule has 7 heteroatoms. The third-order valence-electron chi connectivity index (χ3n) is 5.36. The molecule has 3 aliphatic rings. The van der Waals surface area contributed by atoms with Crippen LogP contribution in [0.3, 0.4) is 0 Å². The van der Waals surface area contributed by atoms with E-state index >= 15 is 0 Å². The first-order valence-corrected chi connectivity index (χ1v) is 9.99. The van der Waals surface area contributed by atoms with Crippen molar-refractivity contribution in [3.05, 3.63) is 11.1 Å². The number of morpholine rings is 1. The molecule has 4 rings (SSSR count). The van der Waals surface area contributed by atoms with Crippen molar-refractivity contribution in [2.24, 2.45) is 5.92 Å². The summed E-state index contributed by atoms with van der Waals surface area (Å²) in [6.07, 6.45) is 5.59. The summed E-state index contributed by atoms with van der Waals surface area (Å²) in [5, 5.41) is 9.75. The second kappa shape index (κ2) is 7.37. The number of aromatic nitrogens is 1. The molecule has 1 saturated carbocycles. The minimum atomic E-state index is 0.0946. The number of hydrogen-bond acceptors (Lipinski definition) is 6. The highest BCUT2D eigenvalue weighted by Gasteiger charge is 2.35. The SMILES string of the molecule is O=C(NCc1csc(N2CCCC2)n1)[C@H]1CC[C@H]2OCCN[C@@H]2C1. The van der Waals surface area contributed by atoms with Crippen LogP contribution in [0.4, 0.5) is 5.13 Å². The Kier molecular flexibility index (Phi) is 5.01. The summed E-state index contributed by atoms with van der Waals surface area (Å²) >= 11 is 1.69. The lowest BCUT2D eigenvalue weighted by Crippen LogP contribution is -2.53. The van der Waals surface area contributed by atoms with Gasteiger partial charge in [-0.05, 0) is 32.1 Å². The van der Waals surface area contributed by atoms with E-state index in [1.54, 1.807) is 11.3 Å². The molecule has 1 amide bonds. The maximum absolute atomic E-state index is 12.5. The van der Waals surface area contributed by atoms with Crippen molar-refractivity contribution in [1.29, 1.82) is 0 Å². The van der Waals surface area contributed by atoms with Gasteiger partial charge in [0.05, 0.1) is 24.9 Å². The molecule has 0 spiro atoms. The summed E-state index contributed by atoms with van der Waals surface area (Å²) in [5.41, 5.74) is 0.975. The third-order valence-corrected chi connectivity index (χ3v) is 6.31. The molecular weight excluding hydrogens is 324 g/mol. The zero-order valence-corrected chi connectivity index (χ0v) is 14.8. The smallest absolute Gasteiger partial charge is 0.223 e. The van der Waals surface area contributed by atoms with Gasteiger partial charge in [-0.25, -0.2) is 4.98 Å². The van der Waals surface area contributed by atoms with E-state index in [9.17, 15) is 4.79 Å². The number of fused-ring (bicyclic) bond motifs is 1. The zero-order chi connectivity index (χ0) is 16.4. The fraction of sp³-hybridized carbons (Fsp3) is 0.765. The third kappa shape index (κ3) is 3.58. The molecule has 1 aromatic rings. The Morgan fingerprint density at radius 2 is 2.29 bits per heavy atom. The number of nitrogens with zero attached hydrogens (tertiary/aromatic N) is 2. The van der Waals surface area contributed by atoms with Gasteiger partial charge >= 0.3 is 0 Å². The summed E-state index contributed by atoms with van der Waals surface area (Å²) < 4.78 is 5.78. The molecule has 24 heavy (non-hydrogen) atoms. The van der Waals surface area contributed by atoms with Crippen molar-refractivity contribution in [1.82, 2.24) is 15.6 Å². The number of carbonyl (C=O) groups excluding carboxylic acids is 1. The molecule has 2 N–H and O–H groups in total. The Hall–Kier alpha value is -1.18. The van der Waals surface area contributed by atoms with E-state index in [2.05, 4.69) is 25.9 Å². The molecular formula is C17H26N4O2S. The van der Waals surface area contributed by atoms with E-state index in [4.69, 9.17) is 4.74 Å². The Labute approximate surface area is 147 Å². The van der Waals surface area contributed by atoms with Crippen LogP contribution in [0.25, 0.3) is 0 Å². The molecule has 1 aliphatic carbocycles. The van der Waals surface area contributed by atoms with Crippen molar-refractivity contribution in [2.75, 3.05) is 31.1 Å². The number of amides is 1. The van der Waals surface area contributed by atoms with Crippen LogP contribution < -0.4 is 15.5 Å². The van der Waals surface area contributed by atoms with E-state index in [1.165, 1.54) is 12.8 Å². The van der Waals surface area contributed by atoms with Crippen molar-refractivity contribution in [2.45, 2.75) is 50.8 Å². The number of carbonyl (C=O) groups is 1. The Bertz CT molecular complexity index is 573. The van der Waals surface area contributed by atoms with Gasteiger partial charge in [-0.15, -0.1) is 11.3 Å². The van der Waals surface area contributed by atoms with Gasteiger partial charge in [-0.1, -0.05) is 0 Å².